The van der Waals surface area contributed by atoms with Crippen LogP contribution in [0.5, 0.6) is 0 Å². The summed E-state index contributed by atoms with van der Waals surface area (Å²) in [5, 5.41) is 7.07. The van der Waals surface area contributed by atoms with E-state index in [-0.39, 0.29) is 0 Å². The summed E-state index contributed by atoms with van der Waals surface area (Å²) in [7, 11) is 0. The topological polar surface area (TPSA) is 54.7 Å². The molecule has 2 bridgehead atoms. The van der Waals surface area contributed by atoms with E-state index in [4.69, 9.17) is 5.73 Å². The minimum absolute atomic E-state index is 0.730. The minimum atomic E-state index is 0.730. The number of nitrogens with zero attached hydrogens (tertiary/aromatic N) is 1. The highest BCUT2D eigenvalue weighted by Crippen LogP contribution is 2.53. The molecule has 2 aliphatic carbocycles. The van der Waals surface area contributed by atoms with E-state index in [0.717, 1.165) is 17.7 Å². The smallest absolute Gasteiger partial charge is 0.148 e. The Bertz CT molecular complexity index is 302. The summed E-state index contributed by atoms with van der Waals surface area (Å²) in [5.74, 6) is 2.22. The van der Waals surface area contributed by atoms with Crippen LogP contribution in [0.25, 0.3) is 0 Å². The van der Waals surface area contributed by atoms with Crippen LogP contribution in [-0.2, 0) is 0 Å². The summed E-state index contributed by atoms with van der Waals surface area (Å²) in [5.41, 5.74) is 8.40. The Morgan fingerprint density at radius 1 is 1.36 bits per heavy atom. The molecular formula is C8H11N3. The standard InChI is InChI=1S/C8H11N3/c9-8-6-4-1-2-5(3-4)7(6)10-11-8/h4-5H,1-3H2,(H3,9,10,11). The van der Waals surface area contributed by atoms with Crippen molar-refractivity contribution in [3.8, 4) is 0 Å². The van der Waals surface area contributed by atoms with Gasteiger partial charge in [0.05, 0.1) is 0 Å². The second kappa shape index (κ2) is 1.60. The van der Waals surface area contributed by atoms with Crippen molar-refractivity contribution in [2.45, 2.75) is 31.1 Å². The zero-order chi connectivity index (χ0) is 7.42. The lowest BCUT2D eigenvalue weighted by molar-refractivity contribution is 0.701. The molecule has 2 unspecified atom stereocenters. The predicted molar refractivity (Wildman–Crippen MR) is 42.3 cm³/mol. The van der Waals surface area contributed by atoms with Crippen LogP contribution >= 0.6 is 0 Å². The van der Waals surface area contributed by atoms with Crippen molar-refractivity contribution in [3.63, 3.8) is 0 Å². The molecule has 1 aromatic heterocycles. The van der Waals surface area contributed by atoms with E-state index in [1.54, 1.807) is 0 Å². The van der Waals surface area contributed by atoms with Crippen molar-refractivity contribution in [1.82, 2.24) is 10.2 Å². The number of aromatic amines is 1. The van der Waals surface area contributed by atoms with Crippen molar-refractivity contribution in [1.29, 1.82) is 0 Å². The molecule has 0 aromatic carbocycles. The maximum atomic E-state index is 5.74. The van der Waals surface area contributed by atoms with Gasteiger partial charge < -0.3 is 5.73 Å². The van der Waals surface area contributed by atoms with Gasteiger partial charge in [-0.2, -0.15) is 5.10 Å². The Morgan fingerprint density at radius 3 is 3.00 bits per heavy atom. The molecule has 1 heterocycles. The van der Waals surface area contributed by atoms with E-state index in [0.29, 0.717) is 0 Å². The molecule has 1 fully saturated rings. The Morgan fingerprint density at radius 2 is 2.18 bits per heavy atom. The van der Waals surface area contributed by atoms with Gasteiger partial charge in [0.15, 0.2) is 0 Å². The minimum Gasteiger partial charge on any atom is -0.382 e. The summed E-state index contributed by atoms with van der Waals surface area (Å²) < 4.78 is 0. The molecule has 1 aromatic rings. The number of nitrogen functional groups attached to an aromatic ring is 1. The normalized spacial score (nSPS) is 32.7. The number of aromatic nitrogens is 2. The number of nitrogens with two attached hydrogens (primary N) is 1. The average molecular weight is 149 g/mol. The van der Waals surface area contributed by atoms with Gasteiger partial charge in [0.2, 0.25) is 0 Å². The highest BCUT2D eigenvalue weighted by Gasteiger charge is 2.40. The van der Waals surface area contributed by atoms with Crippen LogP contribution in [0.3, 0.4) is 0 Å². The Kier molecular flexibility index (Phi) is 0.819. The number of hydrogen-bond acceptors (Lipinski definition) is 2. The summed E-state index contributed by atoms with van der Waals surface area (Å²) in [6, 6.07) is 0. The number of rotatable bonds is 0. The molecule has 0 radical (unpaired) electrons. The lowest BCUT2D eigenvalue weighted by atomic mass is 9.98. The third-order valence-corrected chi connectivity index (χ3v) is 3.11. The van der Waals surface area contributed by atoms with Gasteiger partial charge in [-0.25, -0.2) is 0 Å². The van der Waals surface area contributed by atoms with Gasteiger partial charge in [-0.1, -0.05) is 0 Å². The monoisotopic (exact) mass is 149 g/mol. The molecule has 2 atom stereocenters. The van der Waals surface area contributed by atoms with E-state index in [2.05, 4.69) is 10.2 Å². The molecule has 11 heavy (non-hydrogen) atoms. The first-order valence-electron chi connectivity index (χ1n) is 4.20. The van der Waals surface area contributed by atoms with Crippen LogP contribution in [0, 0.1) is 0 Å². The van der Waals surface area contributed by atoms with Gasteiger partial charge in [0, 0.05) is 17.2 Å². The second-order valence-electron chi connectivity index (χ2n) is 3.64. The van der Waals surface area contributed by atoms with E-state index in [9.17, 15) is 0 Å². The first-order chi connectivity index (χ1) is 5.36. The molecular weight excluding hydrogens is 138 g/mol. The van der Waals surface area contributed by atoms with Gasteiger partial charge in [0.25, 0.3) is 0 Å². The van der Waals surface area contributed by atoms with Crippen LogP contribution in [0.15, 0.2) is 0 Å². The van der Waals surface area contributed by atoms with Crippen molar-refractivity contribution >= 4 is 5.82 Å². The highest BCUT2D eigenvalue weighted by atomic mass is 15.2. The Labute approximate surface area is 65.0 Å². The predicted octanol–water partition coefficient (Wildman–Crippen LogP) is 1.36. The molecule has 2 aliphatic rings. The number of fused-ring (bicyclic) bond motifs is 5. The van der Waals surface area contributed by atoms with Gasteiger partial charge in [-0.15, -0.1) is 0 Å². The molecule has 3 heteroatoms. The number of H-pyrrole nitrogens is 1. The summed E-state index contributed by atoms with van der Waals surface area (Å²) in [4.78, 5) is 0. The number of nitrogens with one attached hydrogen (secondary N) is 1. The van der Waals surface area contributed by atoms with Crippen LogP contribution < -0.4 is 5.73 Å². The highest BCUT2D eigenvalue weighted by molar-refractivity contribution is 5.50. The van der Waals surface area contributed by atoms with Gasteiger partial charge in [-0.05, 0) is 25.2 Å². The molecule has 0 saturated heterocycles. The van der Waals surface area contributed by atoms with Gasteiger partial charge >= 0.3 is 0 Å². The SMILES string of the molecule is Nc1n[nH]c2c1C1CCC2C1. The first kappa shape index (κ1) is 5.63. The molecule has 1 saturated carbocycles. The molecule has 58 valence electrons. The Hall–Kier alpha value is -0.990. The Balaban J connectivity index is 2.25. The van der Waals surface area contributed by atoms with Crippen LogP contribution in [0.1, 0.15) is 42.4 Å². The molecule has 3 N–H and O–H groups in total. The third-order valence-electron chi connectivity index (χ3n) is 3.11. The third kappa shape index (κ3) is 0.526. The van der Waals surface area contributed by atoms with E-state index in [1.807, 2.05) is 0 Å². The molecule has 3 rings (SSSR count). The lowest BCUT2D eigenvalue weighted by Crippen LogP contribution is -1.97. The molecule has 0 amide bonds. The van der Waals surface area contributed by atoms with Gasteiger partial charge in [-0.3, -0.25) is 5.10 Å². The fourth-order valence-electron chi connectivity index (χ4n) is 2.63. The number of hydrogen-bond donors (Lipinski definition) is 2. The van der Waals surface area contributed by atoms with Crippen LogP contribution in [-0.4, -0.2) is 10.2 Å². The lowest BCUT2D eigenvalue weighted by Gasteiger charge is -2.08. The summed E-state index contributed by atoms with van der Waals surface area (Å²) in [6.45, 7) is 0. The zero-order valence-electron chi connectivity index (χ0n) is 6.30. The maximum Gasteiger partial charge on any atom is 0.148 e. The van der Waals surface area contributed by atoms with Crippen molar-refractivity contribution < 1.29 is 0 Å². The summed E-state index contributed by atoms with van der Waals surface area (Å²) >= 11 is 0. The zero-order valence-corrected chi connectivity index (χ0v) is 6.30. The second-order valence-corrected chi connectivity index (χ2v) is 3.64. The van der Waals surface area contributed by atoms with E-state index < -0.39 is 0 Å². The van der Waals surface area contributed by atoms with Gasteiger partial charge in [0.1, 0.15) is 5.82 Å². The molecule has 3 nitrogen and oxygen atoms in total. The average Bonchev–Trinajstić information content (AvgIpc) is 2.60. The van der Waals surface area contributed by atoms with E-state index >= 15 is 0 Å². The maximum absolute atomic E-state index is 5.74. The first-order valence-corrected chi connectivity index (χ1v) is 4.20. The largest absolute Gasteiger partial charge is 0.382 e. The van der Waals surface area contributed by atoms with Crippen molar-refractivity contribution in [2.24, 2.45) is 0 Å². The molecule has 0 aliphatic heterocycles. The van der Waals surface area contributed by atoms with Crippen LogP contribution in [0.4, 0.5) is 5.82 Å². The van der Waals surface area contributed by atoms with Crippen LogP contribution in [0.2, 0.25) is 0 Å². The summed E-state index contributed by atoms with van der Waals surface area (Å²) in [6.07, 6.45) is 3.97. The fourth-order valence-corrected chi connectivity index (χ4v) is 2.63. The molecule has 0 spiro atoms. The fraction of sp³-hybridized carbons (Fsp3) is 0.625. The number of anilines is 1. The van der Waals surface area contributed by atoms with Crippen molar-refractivity contribution in [3.05, 3.63) is 11.3 Å². The van der Waals surface area contributed by atoms with Crippen molar-refractivity contribution in [2.75, 3.05) is 5.73 Å². The quantitative estimate of drug-likeness (QED) is 0.585. The van der Waals surface area contributed by atoms with E-state index in [1.165, 1.54) is 30.5 Å².